The first-order valence-corrected chi connectivity index (χ1v) is 13.0. The Morgan fingerprint density at radius 1 is 1.06 bits per heavy atom. The summed E-state index contributed by atoms with van der Waals surface area (Å²) >= 11 is 7.85. The third kappa shape index (κ3) is 7.64. The van der Waals surface area contributed by atoms with Crippen molar-refractivity contribution in [2.24, 2.45) is 0 Å². The molecule has 1 aromatic heterocycles. The van der Waals surface area contributed by atoms with E-state index < -0.39 is 0 Å². The summed E-state index contributed by atoms with van der Waals surface area (Å²) in [6.07, 6.45) is 4.61. The van der Waals surface area contributed by atoms with Gasteiger partial charge < -0.3 is 15.1 Å². The molecule has 1 N–H and O–H groups in total. The maximum Gasteiger partial charge on any atom is 0.251 e. The number of rotatable bonds is 11. The van der Waals surface area contributed by atoms with Crippen molar-refractivity contribution in [3.05, 3.63) is 46.6 Å². The number of benzene rings is 1. The highest BCUT2D eigenvalue weighted by Gasteiger charge is 2.18. The highest BCUT2D eigenvalue weighted by Crippen LogP contribution is 2.25. The number of hydrogen-bond acceptors (Lipinski definition) is 6. The molecule has 0 saturated carbocycles. The highest BCUT2D eigenvalue weighted by molar-refractivity contribution is 7.98. The molecule has 32 heavy (non-hydrogen) atoms. The molecule has 0 spiro atoms. The molecular weight excluding hydrogens is 442 g/mol. The molecule has 1 aliphatic rings. The maximum atomic E-state index is 12.3. The van der Waals surface area contributed by atoms with Crippen molar-refractivity contribution in [3.63, 3.8) is 0 Å². The van der Waals surface area contributed by atoms with E-state index in [2.05, 4.69) is 33.9 Å². The number of halogens is 1. The number of nitrogens with zero attached hydrogens (tertiary/aromatic N) is 4. The molecule has 0 bridgehead atoms. The van der Waals surface area contributed by atoms with Gasteiger partial charge in [-0.3, -0.25) is 4.79 Å². The van der Waals surface area contributed by atoms with E-state index in [1.807, 2.05) is 30.3 Å². The molecule has 3 rings (SSSR count). The van der Waals surface area contributed by atoms with Crippen LogP contribution in [0.3, 0.4) is 0 Å². The number of hydrogen-bond donors (Lipinski definition) is 1. The van der Waals surface area contributed by atoms with Crippen molar-refractivity contribution < 1.29 is 4.79 Å². The number of carbonyl (C=O) groups is 1. The number of nitrogens with one attached hydrogen (secondary N) is 1. The van der Waals surface area contributed by atoms with E-state index in [1.54, 1.807) is 11.8 Å². The van der Waals surface area contributed by atoms with Crippen LogP contribution in [-0.4, -0.2) is 60.0 Å². The molecule has 1 saturated heterocycles. The van der Waals surface area contributed by atoms with Crippen LogP contribution in [0.4, 0.5) is 5.82 Å². The molecule has 0 atom stereocenters. The molecule has 0 radical (unpaired) electrons. The Labute approximate surface area is 201 Å². The SMILES string of the molecule is CCCCCCNC(=O)c1ccc(CSc2nc(Cl)cc(N3CCN(CC)CC3)n2)cc1. The molecule has 1 fully saturated rings. The van der Waals surface area contributed by atoms with Crippen LogP contribution in [0.2, 0.25) is 5.15 Å². The van der Waals surface area contributed by atoms with Gasteiger partial charge in [0.25, 0.3) is 5.91 Å². The summed E-state index contributed by atoms with van der Waals surface area (Å²) in [4.78, 5) is 26.1. The average molecular weight is 476 g/mol. The number of thioether (sulfide) groups is 1. The topological polar surface area (TPSA) is 61.4 Å². The first kappa shape index (κ1) is 24.8. The molecule has 6 nitrogen and oxygen atoms in total. The third-order valence-electron chi connectivity index (χ3n) is 5.70. The predicted molar refractivity (Wildman–Crippen MR) is 134 cm³/mol. The van der Waals surface area contributed by atoms with Gasteiger partial charge in [0.15, 0.2) is 5.16 Å². The zero-order valence-corrected chi connectivity index (χ0v) is 20.7. The Hall–Kier alpha value is -1.83. The first-order valence-electron chi connectivity index (χ1n) is 11.6. The van der Waals surface area contributed by atoms with Crippen molar-refractivity contribution in [1.29, 1.82) is 0 Å². The number of piperazine rings is 1. The van der Waals surface area contributed by atoms with Crippen LogP contribution >= 0.6 is 23.4 Å². The van der Waals surface area contributed by atoms with Crippen LogP contribution in [0.1, 0.15) is 55.5 Å². The summed E-state index contributed by atoms with van der Waals surface area (Å²) in [5.41, 5.74) is 1.82. The lowest BCUT2D eigenvalue weighted by atomic mass is 10.1. The summed E-state index contributed by atoms with van der Waals surface area (Å²) in [5, 5.41) is 4.15. The largest absolute Gasteiger partial charge is 0.354 e. The van der Waals surface area contributed by atoms with Gasteiger partial charge in [-0.1, -0.05) is 68.6 Å². The number of amides is 1. The standard InChI is InChI=1S/C24H34ClN5OS/c1-3-5-6-7-12-26-23(31)20-10-8-19(9-11-20)18-32-24-27-21(25)17-22(28-24)30-15-13-29(4-2)14-16-30/h8-11,17H,3-7,12-16,18H2,1-2H3,(H,26,31). The molecule has 174 valence electrons. The van der Waals surface area contributed by atoms with Crippen molar-refractivity contribution in [3.8, 4) is 0 Å². The van der Waals surface area contributed by atoms with Gasteiger partial charge >= 0.3 is 0 Å². The van der Waals surface area contributed by atoms with Gasteiger partial charge in [-0.15, -0.1) is 0 Å². The lowest BCUT2D eigenvalue weighted by Crippen LogP contribution is -2.46. The molecule has 2 aromatic rings. The lowest BCUT2D eigenvalue weighted by Gasteiger charge is -2.34. The van der Waals surface area contributed by atoms with E-state index in [1.165, 1.54) is 12.8 Å². The van der Waals surface area contributed by atoms with Gasteiger partial charge in [-0.2, -0.15) is 0 Å². The van der Waals surface area contributed by atoms with E-state index in [9.17, 15) is 4.79 Å². The van der Waals surface area contributed by atoms with Crippen LogP contribution in [0.25, 0.3) is 0 Å². The first-order chi connectivity index (χ1) is 15.6. The minimum absolute atomic E-state index is 0.00770. The van der Waals surface area contributed by atoms with Gasteiger partial charge in [0.2, 0.25) is 0 Å². The molecule has 8 heteroatoms. The van der Waals surface area contributed by atoms with Crippen molar-refractivity contribution in [2.75, 3.05) is 44.2 Å². The minimum atomic E-state index is -0.00770. The minimum Gasteiger partial charge on any atom is -0.354 e. The average Bonchev–Trinajstić information content (AvgIpc) is 2.82. The summed E-state index contributed by atoms with van der Waals surface area (Å²) in [7, 11) is 0. The molecule has 1 aromatic carbocycles. The highest BCUT2D eigenvalue weighted by atomic mass is 35.5. The summed E-state index contributed by atoms with van der Waals surface area (Å²) in [6, 6.07) is 9.61. The lowest BCUT2D eigenvalue weighted by molar-refractivity contribution is 0.0953. The Kier molecular flexibility index (Phi) is 10.1. The zero-order chi connectivity index (χ0) is 22.8. The van der Waals surface area contributed by atoms with Crippen LogP contribution in [0, 0.1) is 0 Å². The zero-order valence-electron chi connectivity index (χ0n) is 19.1. The number of anilines is 1. The van der Waals surface area contributed by atoms with Crippen LogP contribution in [0.15, 0.2) is 35.5 Å². The van der Waals surface area contributed by atoms with Crippen molar-refractivity contribution in [2.45, 2.75) is 50.4 Å². The van der Waals surface area contributed by atoms with Gasteiger partial charge in [0.1, 0.15) is 11.0 Å². The molecule has 1 amide bonds. The number of aromatic nitrogens is 2. The second-order valence-electron chi connectivity index (χ2n) is 8.05. The van der Waals surface area contributed by atoms with E-state index in [-0.39, 0.29) is 5.91 Å². The van der Waals surface area contributed by atoms with E-state index in [0.717, 1.165) is 69.2 Å². The molecule has 2 heterocycles. The fourth-order valence-corrected chi connectivity index (χ4v) is 4.70. The molecule has 0 unspecified atom stereocenters. The van der Waals surface area contributed by atoms with E-state index in [0.29, 0.717) is 15.9 Å². The number of unbranched alkanes of at least 4 members (excludes halogenated alkanes) is 3. The van der Waals surface area contributed by atoms with Crippen molar-refractivity contribution in [1.82, 2.24) is 20.2 Å². The quantitative estimate of drug-likeness (QED) is 0.216. The van der Waals surface area contributed by atoms with E-state index in [4.69, 9.17) is 16.6 Å². The molecule has 1 aliphatic heterocycles. The Balaban J connectivity index is 1.51. The molecule has 0 aliphatic carbocycles. The van der Waals surface area contributed by atoms with Crippen molar-refractivity contribution >= 4 is 35.1 Å². The predicted octanol–water partition coefficient (Wildman–Crippen LogP) is 4.87. The Morgan fingerprint density at radius 3 is 2.50 bits per heavy atom. The summed E-state index contributed by atoms with van der Waals surface area (Å²) in [6.45, 7) is 10.2. The summed E-state index contributed by atoms with van der Waals surface area (Å²) < 4.78 is 0. The monoisotopic (exact) mass is 475 g/mol. The normalized spacial score (nSPS) is 14.5. The second-order valence-corrected chi connectivity index (χ2v) is 9.38. The van der Waals surface area contributed by atoms with Crippen LogP contribution in [0.5, 0.6) is 0 Å². The maximum absolute atomic E-state index is 12.3. The fourth-order valence-electron chi connectivity index (χ4n) is 3.66. The smallest absolute Gasteiger partial charge is 0.251 e. The number of carbonyl (C=O) groups excluding carboxylic acids is 1. The number of likely N-dealkylation sites (N-methyl/N-ethyl adjacent to an activating group) is 1. The van der Waals surface area contributed by atoms with Crippen LogP contribution < -0.4 is 10.2 Å². The Morgan fingerprint density at radius 2 is 1.81 bits per heavy atom. The van der Waals surface area contributed by atoms with Gasteiger partial charge in [0, 0.05) is 50.1 Å². The summed E-state index contributed by atoms with van der Waals surface area (Å²) in [5.74, 6) is 1.61. The van der Waals surface area contributed by atoms with Gasteiger partial charge in [-0.25, -0.2) is 9.97 Å². The third-order valence-corrected chi connectivity index (χ3v) is 6.82. The van der Waals surface area contributed by atoms with E-state index >= 15 is 0 Å². The molecular formula is C24H34ClN5OS. The van der Waals surface area contributed by atoms with Gasteiger partial charge in [-0.05, 0) is 30.7 Å². The Bertz CT molecular complexity index is 856. The van der Waals surface area contributed by atoms with Gasteiger partial charge in [0.05, 0.1) is 0 Å². The second kappa shape index (κ2) is 13.0. The fraction of sp³-hybridized carbons (Fsp3) is 0.542. The van der Waals surface area contributed by atoms with Crippen LogP contribution in [-0.2, 0) is 5.75 Å².